The zero-order valence-electron chi connectivity index (χ0n) is 7.05. The first kappa shape index (κ1) is 9.71. The Morgan fingerprint density at radius 1 is 1.42 bits per heavy atom. The van der Waals surface area contributed by atoms with E-state index in [1.807, 2.05) is 6.92 Å². The van der Waals surface area contributed by atoms with Crippen molar-refractivity contribution in [3.63, 3.8) is 0 Å². The first-order chi connectivity index (χ1) is 5.65. The van der Waals surface area contributed by atoms with Gasteiger partial charge in [0.15, 0.2) is 0 Å². The van der Waals surface area contributed by atoms with Crippen molar-refractivity contribution in [3.05, 3.63) is 0 Å². The number of nitrogens with zero attached hydrogens (tertiary/aromatic N) is 1. The fourth-order valence-electron chi connectivity index (χ4n) is 1.36. The molecule has 1 fully saturated rings. The van der Waals surface area contributed by atoms with Crippen molar-refractivity contribution in [3.8, 4) is 0 Å². The molecular weight excluding hydrogens is 222 g/mol. The number of hydrogen-bond acceptors (Lipinski definition) is 2. The van der Waals surface area contributed by atoms with Crippen LogP contribution in [0.25, 0.3) is 0 Å². The zero-order valence-corrected chi connectivity index (χ0v) is 8.63. The fourth-order valence-corrected chi connectivity index (χ4v) is 1.72. The lowest BCUT2D eigenvalue weighted by Gasteiger charge is -2.27. The second-order valence-electron chi connectivity index (χ2n) is 3.14. The van der Waals surface area contributed by atoms with Gasteiger partial charge in [0.25, 0.3) is 0 Å². The second kappa shape index (κ2) is 4.03. The van der Waals surface area contributed by atoms with Crippen LogP contribution in [-0.4, -0.2) is 28.6 Å². The molecule has 4 heteroatoms. The van der Waals surface area contributed by atoms with Gasteiger partial charge in [-0.05, 0) is 5.92 Å². The van der Waals surface area contributed by atoms with Gasteiger partial charge in [-0.25, -0.2) is 0 Å². The largest absolute Gasteiger partial charge is 0.282 e. The van der Waals surface area contributed by atoms with E-state index in [-0.39, 0.29) is 17.7 Å². The third-order valence-corrected chi connectivity index (χ3v) is 2.31. The Bertz CT molecular complexity index is 187. The highest BCUT2D eigenvalue weighted by Crippen LogP contribution is 2.18. The van der Waals surface area contributed by atoms with E-state index in [1.54, 1.807) is 0 Å². The number of rotatable bonds is 2. The molecular formula is C8H12BrNO2. The van der Waals surface area contributed by atoms with Gasteiger partial charge in [-0.15, -0.1) is 0 Å². The van der Waals surface area contributed by atoms with Crippen molar-refractivity contribution >= 4 is 27.7 Å². The minimum Gasteiger partial charge on any atom is -0.282 e. The number of carbonyl (C=O) groups is 2. The molecule has 1 rings (SSSR count). The molecule has 0 saturated carbocycles. The summed E-state index contributed by atoms with van der Waals surface area (Å²) in [6.07, 6.45) is 1.03. The van der Waals surface area contributed by atoms with Crippen molar-refractivity contribution in [2.24, 2.45) is 5.92 Å². The van der Waals surface area contributed by atoms with Gasteiger partial charge < -0.3 is 0 Å². The maximum absolute atomic E-state index is 11.3. The predicted molar refractivity (Wildman–Crippen MR) is 48.9 cm³/mol. The van der Waals surface area contributed by atoms with Crippen LogP contribution in [0, 0.1) is 5.92 Å². The summed E-state index contributed by atoms with van der Waals surface area (Å²) < 4.78 is 0. The van der Waals surface area contributed by atoms with Gasteiger partial charge in [0.1, 0.15) is 0 Å². The fraction of sp³-hybridized carbons (Fsp3) is 0.750. The molecule has 0 aromatic rings. The standard InChI is InChI=1S/C8H12BrNO2/c1-6-4-7(11)10(3-2-9)8(12)5-6/h6H,2-5H2,1H3. The molecule has 1 saturated heterocycles. The quantitative estimate of drug-likeness (QED) is 0.531. The van der Waals surface area contributed by atoms with Crippen LogP contribution >= 0.6 is 15.9 Å². The smallest absolute Gasteiger partial charge is 0.229 e. The summed E-state index contributed by atoms with van der Waals surface area (Å²) in [5, 5.41) is 0.666. The SMILES string of the molecule is CC1CC(=O)N(CCBr)C(=O)C1. The van der Waals surface area contributed by atoms with Crippen LogP contribution in [0.1, 0.15) is 19.8 Å². The zero-order chi connectivity index (χ0) is 9.14. The maximum Gasteiger partial charge on any atom is 0.229 e. The number of imide groups is 1. The molecule has 1 aliphatic heterocycles. The minimum absolute atomic E-state index is 0.0294. The Kier molecular flexibility index (Phi) is 3.26. The van der Waals surface area contributed by atoms with Gasteiger partial charge in [-0.2, -0.15) is 0 Å². The van der Waals surface area contributed by atoms with Crippen LogP contribution in [0.3, 0.4) is 0 Å². The van der Waals surface area contributed by atoms with Crippen LogP contribution in [-0.2, 0) is 9.59 Å². The van der Waals surface area contributed by atoms with Crippen LogP contribution in [0.4, 0.5) is 0 Å². The normalized spacial score (nSPS) is 20.3. The molecule has 0 aromatic heterocycles. The summed E-state index contributed by atoms with van der Waals surface area (Å²) in [6, 6.07) is 0. The predicted octanol–water partition coefficient (Wildman–Crippen LogP) is 1.17. The summed E-state index contributed by atoms with van der Waals surface area (Å²) in [6.45, 7) is 2.44. The first-order valence-corrected chi connectivity index (χ1v) is 5.16. The summed E-state index contributed by atoms with van der Waals surface area (Å²) in [7, 11) is 0. The van der Waals surface area contributed by atoms with E-state index in [9.17, 15) is 9.59 Å². The average molecular weight is 234 g/mol. The number of alkyl halides is 1. The van der Waals surface area contributed by atoms with E-state index in [4.69, 9.17) is 0 Å². The molecule has 0 spiro atoms. The van der Waals surface area contributed by atoms with E-state index in [1.165, 1.54) is 4.90 Å². The summed E-state index contributed by atoms with van der Waals surface area (Å²) in [5.41, 5.74) is 0. The van der Waals surface area contributed by atoms with E-state index in [0.717, 1.165) is 0 Å². The third kappa shape index (κ3) is 2.06. The summed E-state index contributed by atoms with van der Waals surface area (Å²) >= 11 is 3.21. The second-order valence-corrected chi connectivity index (χ2v) is 3.93. The van der Waals surface area contributed by atoms with Crippen LogP contribution in [0.2, 0.25) is 0 Å². The molecule has 1 heterocycles. The summed E-state index contributed by atoms with van der Waals surface area (Å²) in [4.78, 5) is 23.9. The molecule has 12 heavy (non-hydrogen) atoms. The highest BCUT2D eigenvalue weighted by atomic mass is 79.9. The average Bonchev–Trinajstić information content (AvgIpc) is 1.96. The monoisotopic (exact) mass is 233 g/mol. The van der Waals surface area contributed by atoms with Crippen molar-refractivity contribution in [1.29, 1.82) is 0 Å². The third-order valence-electron chi connectivity index (χ3n) is 1.96. The number of likely N-dealkylation sites (tertiary alicyclic amines) is 1. The van der Waals surface area contributed by atoms with E-state index in [2.05, 4.69) is 15.9 Å². The molecule has 0 N–H and O–H groups in total. The van der Waals surface area contributed by atoms with Crippen LogP contribution in [0.15, 0.2) is 0 Å². The molecule has 0 atom stereocenters. The van der Waals surface area contributed by atoms with E-state index >= 15 is 0 Å². The maximum atomic E-state index is 11.3. The number of amides is 2. The molecule has 1 aliphatic rings. The lowest BCUT2D eigenvalue weighted by atomic mass is 9.98. The van der Waals surface area contributed by atoms with Gasteiger partial charge in [0.2, 0.25) is 11.8 Å². The van der Waals surface area contributed by atoms with Gasteiger partial charge >= 0.3 is 0 Å². The Morgan fingerprint density at radius 2 is 1.92 bits per heavy atom. The van der Waals surface area contributed by atoms with Gasteiger partial charge in [-0.3, -0.25) is 14.5 Å². The lowest BCUT2D eigenvalue weighted by Crippen LogP contribution is -2.43. The Morgan fingerprint density at radius 3 is 2.33 bits per heavy atom. The topological polar surface area (TPSA) is 37.4 Å². The van der Waals surface area contributed by atoms with Crippen LogP contribution in [0.5, 0.6) is 0 Å². The molecule has 0 unspecified atom stereocenters. The lowest BCUT2D eigenvalue weighted by molar-refractivity contribution is -0.149. The molecule has 68 valence electrons. The Labute approximate surface area is 80.2 Å². The number of piperidine rings is 1. The van der Waals surface area contributed by atoms with Crippen molar-refractivity contribution in [2.45, 2.75) is 19.8 Å². The summed E-state index contributed by atoms with van der Waals surface area (Å²) in [5.74, 6) is 0.160. The van der Waals surface area contributed by atoms with Crippen molar-refractivity contribution in [1.82, 2.24) is 4.90 Å². The van der Waals surface area contributed by atoms with Gasteiger partial charge in [0.05, 0.1) is 0 Å². The van der Waals surface area contributed by atoms with Crippen molar-refractivity contribution < 1.29 is 9.59 Å². The molecule has 3 nitrogen and oxygen atoms in total. The molecule has 0 bridgehead atoms. The molecule has 0 aromatic carbocycles. The number of carbonyl (C=O) groups excluding carboxylic acids is 2. The Balaban J connectivity index is 2.61. The van der Waals surface area contributed by atoms with Crippen molar-refractivity contribution in [2.75, 3.05) is 11.9 Å². The number of halogens is 1. The van der Waals surface area contributed by atoms with Crippen LogP contribution < -0.4 is 0 Å². The van der Waals surface area contributed by atoms with E-state index < -0.39 is 0 Å². The van der Waals surface area contributed by atoms with Gasteiger partial charge in [0, 0.05) is 24.7 Å². The highest BCUT2D eigenvalue weighted by molar-refractivity contribution is 9.09. The Hall–Kier alpha value is -0.380. The number of hydrogen-bond donors (Lipinski definition) is 0. The highest BCUT2D eigenvalue weighted by Gasteiger charge is 2.29. The molecule has 0 aliphatic carbocycles. The molecule has 0 radical (unpaired) electrons. The first-order valence-electron chi connectivity index (χ1n) is 4.04. The minimum atomic E-state index is -0.0294. The molecule has 2 amide bonds. The van der Waals surface area contributed by atoms with E-state index in [0.29, 0.717) is 24.7 Å². The van der Waals surface area contributed by atoms with Gasteiger partial charge in [-0.1, -0.05) is 22.9 Å².